The van der Waals surface area contributed by atoms with Crippen LogP contribution in [-0.4, -0.2) is 79.8 Å². The average Bonchev–Trinajstić information content (AvgIpc) is 2.38. The summed E-state index contributed by atoms with van der Waals surface area (Å²) in [6.07, 6.45) is 2.23. The maximum Gasteiger partial charge on any atom is 0.314 e. The number of carboxylic acids is 1. The molecule has 0 spiro atoms. The van der Waals surface area contributed by atoms with Crippen LogP contribution in [0.2, 0.25) is 0 Å². The van der Waals surface area contributed by atoms with Crippen molar-refractivity contribution < 1.29 is 14.7 Å². The third-order valence-corrected chi connectivity index (χ3v) is 4.83. The fourth-order valence-corrected chi connectivity index (χ4v) is 2.91. The maximum atomic E-state index is 11.8. The zero-order chi connectivity index (χ0) is 15.5. The molecule has 0 aromatic carbocycles. The van der Waals surface area contributed by atoms with Crippen molar-refractivity contribution >= 4 is 12.0 Å². The molecule has 2 rings (SSSR count). The van der Waals surface area contributed by atoms with Crippen LogP contribution in [0.3, 0.4) is 0 Å². The molecule has 7 heteroatoms. The lowest BCUT2D eigenvalue weighted by atomic mass is 9.69. The molecule has 2 aliphatic rings. The van der Waals surface area contributed by atoms with Gasteiger partial charge in [-0.05, 0) is 26.9 Å². The Hall–Kier alpha value is -1.34. The molecule has 1 saturated heterocycles. The molecule has 21 heavy (non-hydrogen) atoms. The molecular weight excluding hydrogens is 272 g/mol. The van der Waals surface area contributed by atoms with Crippen molar-refractivity contribution in [2.75, 3.05) is 46.8 Å². The SMILES string of the molecule is CN1CCN(C)C(CNC(=O)NCC2(C(=O)O)CCC2)C1. The lowest BCUT2D eigenvalue weighted by Crippen LogP contribution is -2.56. The normalized spacial score (nSPS) is 25.9. The summed E-state index contributed by atoms with van der Waals surface area (Å²) in [6.45, 7) is 3.75. The van der Waals surface area contributed by atoms with E-state index in [1.807, 2.05) is 0 Å². The second kappa shape index (κ2) is 6.62. The van der Waals surface area contributed by atoms with Crippen molar-refractivity contribution in [3.8, 4) is 0 Å². The first-order valence-corrected chi connectivity index (χ1v) is 7.57. The van der Waals surface area contributed by atoms with Gasteiger partial charge < -0.3 is 20.6 Å². The molecule has 7 nitrogen and oxygen atoms in total. The van der Waals surface area contributed by atoms with E-state index in [4.69, 9.17) is 0 Å². The van der Waals surface area contributed by atoms with Crippen LogP contribution in [-0.2, 0) is 4.79 Å². The molecule has 2 amide bonds. The number of amides is 2. The van der Waals surface area contributed by atoms with Gasteiger partial charge in [-0.3, -0.25) is 9.69 Å². The molecule has 0 aromatic rings. The molecule has 0 aromatic heterocycles. The highest BCUT2D eigenvalue weighted by atomic mass is 16.4. The van der Waals surface area contributed by atoms with Gasteiger partial charge in [0.2, 0.25) is 0 Å². The zero-order valence-electron chi connectivity index (χ0n) is 12.9. The summed E-state index contributed by atoms with van der Waals surface area (Å²) in [7, 11) is 4.14. The largest absolute Gasteiger partial charge is 0.481 e. The number of carboxylic acid groups (broad SMARTS) is 1. The predicted octanol–water partition coefficient (Wildman–Crippen LogP) is -0.214. The van der Waals surface area contributed by atoms with Crippen LogP contribution in [0.15, 0.2) is 0 Å². The first kappa shape index (κ1) is 16.0. The van der Waals surface area contributed by atoms with Crippen LogP contribution < -0.4 is 10.6 Å². The lowest BCUT2D eigenvalue weighted by molar-refractivity contribution is -0.153. The number of piperazine rings is 1. The van der Waals surface area contributed by atoms with Crippen molar-refractivity contribution in [2.45, 2.75) is 25.3 Å². The molecule has 2 fully saturated rings. The van der Waals surface area contributed by atoms with Gasteiger partial charge in [-0.2, -0.15) is 0 Å². The Morgan fingerprint density at radius 1 is 1.24 bits per heavy atom. The molecule has 1 saturated carbocycles. The quantitative estimate of drug-likeness (QED) is 0.654. The molecule has 1 atom stereocenters. The smallest absolute Gasteiger partial charge is 0.314 e. The lowest BCUT2D eigenvalue weighted by Gasteiger charge is -2.38. The van der Waals surface area contributed by atoms with Gasteiger partial charge in [0.1, 0.15) is 0 Å². The van der Waals surface area contributed by atoms with E-state index in [9.17, 15) is 14.7 Å². The van der Waals surface area contributed by atoms with E-state index in [0.717, 1.165) is 26.1 Å². The molecule has 1 unspecified atom stereocenters. The molecular formula is C14H26N4O3. The van der Waals surface area contributed by atoms with Gasteiger partial charge in [-0.25, -0.2) is 4.79 Å². The van der Waals surface area contributed by atoms with Crippen molar-refractivity contribution in [3.05, 3.63) is 0 Å². The summed E-state index contributed by atoms with van der Waals surface area (Å²) in [6, 6.07) is 0.0239. The van der Waals surface area contributed by atoms with Gasteiger partial charge in [-0.1, -0.05) is 6.42 Å². The molecule has 120 valence electrons. The summed E-state index contributed by atoms with van der Waals surface area (Å²) >= 11 is 0. The molecule has 1 heterocycles. The van der Waals surface area contributed by atoms with E-state index in [1.165, 1.54) is 0 Å². The fourth-order valence-electron chi connectivity index (χ4n) is 2.91. The van der Waals surface area contributed by atoms with Crippen LogP contribution in [0.25, 0.3) is 0 Å². The minimum Gasteiger partial charge on any atom is -0.481 e. The first-order chi connectivity index (χ1) is 9.93. The van der Waals surface area contributed by atoms with Gasteiger partial charge in [0.05, 0.1) is 5.41 Å². The topological polar surface area (TPSA) is 84.9 Å². The number of nitrogens with zero attached hydrogens (tertiary/aromatic N) is 2. The molecule has 1 aliphatic heterocycles. The van der Waals surface area contributed by atoms with Gasteiger partial charge in [0.25, 0.3) is 0 Å². The Balaban J connectivity index is 1.71. The van der Waals surface area contributed by atoms with Gasteiger partial charge >= 0.3 is 12.0 Å². The van der Waals surface area contributed by atoms with Crippen molar-refractivity contribution in [3.63, 3.8) is 0 Å². The summed E-state index contributed by atoms with van der Waals surface area (Å²) in [5, 5.41) is 14.8. The Morgan fingerprint density at radius 3 is 2.52 bits per heavy atom. The van der Waals surface area contributed by atoms with E-state index in [0.29, 0.717) is 25.4 Å². The second-order valence-corrected chi connectivity index (χ2v) is 6.40. The number of rotatable bonds is 5. The number of carbonyl (C=O) groups is 2. The summed E-state index contributed by atoms with van der Waals surface area (Å²) in [5.41, 5.74) is -0.737. The number of hydrogen-bond acceptors (Lipinski definition) is 4. The highest BCUT2D eigenvalue weighted by Gasteiger charge is 2.44. The maximum absolute atomic E-state index is 11.8. The Kier molecular flexibility index (Phi) is 5.05. The Labute approximate surface area is 125 Å². The first-order valence-electron chi connectivity index (χ1n) is 7.57. The van der Waals surface area contributed by atoms with Crippen LogP contribution in [0.5, 0.6) is 0 Å². The minimum atomic E-state index is -0.803. The number of likely N-dealkylation sites (N-methyl/N-ethyl adjacent to an activating group) is 2. The summed E-state index contributed by atoms with van der Waals surface area (Å²) in [5.74, 6) is -0.803. The number of nitrogens with one attached hydrogen (secondary N) is 2. The predicted molar refractivity (Wildman–Crippen MR) is 79.2 cm³/mol. The molecule has 0 radical (unpaired) electrons. The van der Waals surface area contributed by atoms with Crippen molar-refractivity contribution in [1.29, 1.82) is 0 Å². The van der Waals surface area contributed by atoms with Crippen molar-refractivity contribution in [2.24, 2.45) is 5.41 Å². The van der Waals surface area contributed by atoms with Crippen LogP contribution in [0.4, 0.5) is 4.79 Å². The van der Waals surface area contributed by atoms with E-state index in [-0.39, 0.29) is 12.6 Å². The Bertz CT molecular complexity index is 398. The minimum absolute atomic E-state index is 0.217. The second-order valence-electron chi connectivity index (χ2n) is 6.40. The summed E-state index contributed by atoms with van der Waals surface area (Å²) < 4.78 is 0. The van der Waals surface area contributed by atoms with E-state index < -0.39 is 11.4 Å². The molecule has 1 aliphatic carbocycles. The zero-order valence-corrected chi connectivity index (χ0v) is 12.9. The number of hydrogen-bond donors (Lipinski definition) is 3. The summed E-state index contributed by atoms with van der Waals surface area (Å²) in [4.78, 5) is 27.5. The third kappa shape index (κ3) is 3.85. The Morgan fingerprint density at radius 2 is 1.95 bits per heavy atom. The van der Waals surface area contributed by atoms with E-state index in [1.54, 1.807) is 0 Å². The van der Waals surface area contributed by atoms with Gasteiger partial charge in [0.15, 0.2) is 0 Å². The number of aliphatic carboxylic acids is 1. The number of urea groups is 1. The van der Waals surface area contributed by atoms with Crippen LogP contribution >= 0.6 is 0 Å². The van der Waals surface area contributed by atoms with Crippen molar-refractivity contribution in [1.82, 2.24) is 20.4 Å². The third-order valence-electron chi connectivity index (χ3n) is 4.83. The molecule has 0 bridgehead atoms. The fraction of sp³-hybridized carbons (Fsp3) is 0.857. The highest BCUT2D eigenvalue weighted by Crippen LogP contribution is 2.40. The van der Waals surface area contributed by atoms with Crippen LogP contribution in [0, 0.1) is 5.41 Å². The average molecular weight is 298 g/mol. The monoisotopic (exact) mass is 298 g/mol. The van der Waals surface area contributed by atoms with Gasteiger partial charge in [0, 0.05) is 38.8 Å². The van der Waals surface area contributed by atoms with Gasteiger partial charge in [-0.15, -0.1) is 0 Å². The number of carbonyl (C=O) groups excluding carboxylic acids is 1. The van der Waals surface area contributed by atoms with E-state index >= 15 is 0 Å². The standard InChI is InChI=1S/C14H26N4O3/c1-17-6-7-18(2)11(9-17)8-15-13(21)16-10-14(12(19)20)4-3-5-14/h11H,3-10H2,1-2H3,(H,19,20)(H2,15,16,21). The van der Waals surface area contributed by atoms with E-state index in [2.05, 4.69) is 34.5 Å². The van der Waals surface area contributed by atoms with Crippen LogP contribution in [0.1, 0.15) is 19.3 Å². The molecule has 3 N–H and O–H groups in total. The highest BCUT2D eigenvalue weighted by molar-refractivity contribution is 5.78.